The summed E-state index contributed by atoms with van der Waals surface area (Å²) in [5, 5.41) is -0.793. The minimum absolute atomic E-state index is 0.344. The molecule has 1 atom stereocenters. The molecule has 1 saturated carbocycles. The highest BCUT2D eigenvalue weighted by Crippen LogP contribution is 2.28. The summed E-state index contributed by atoms with van der Waals surface area (Å²) in [7, 11) is -3.38. The second kappa shape index (κ2) is 5.63. The molecule has 0 aromatic heterocycles. The molecular weight excluding hydrogens is 284 g/mol. The zero-order valence-corrected chi connectivity index (χ0v) is 12.4. The van der Waals surface area contributed by atoms with E-state index in [4.69, 9.17) is 11.6 Å². The van der Waals surface area contributed by atoms with Gasteiger partial charge in [0.15, 0.2) is 15.6 Å². The molecule has 1 unspecified atom stereocenters. The van der Waals surface area contributed by atoms with E-state index in [2.05, 4.69) is 0 Å². The monoisotopic (exact) mass is 300 g/mol. The molecule has 1 fully saturated rings. The molecule has 0 aliphatic heterocycles. The molecule has 5 heteroatoms. The number of halogens is 1. The van der Waals surface area contributed by atoms with Crippen LogP contribution in [0.5, 0.6) is 0 Å². The highest BCUT2D eigenvalue weighted by molar-refractivity contribution is 7.93. The fraction of sp³-hybridized carbons (Fsp3) is 0.500. The van der Waals surface area contributed by atoms with Crippen LogP contribution in [0.3, 0.4) is 0 Å². The lowest BCUT2D eigenvalue weighted by molar-refractivity contribution is 0.0991. The van der Waals surface area contributed by atoms with Gasteiger partial charge in [0.1, 0.15) is 5.25 Å². The smallest absolute Gasteiger partial charge is 0.180 e. The summed E-state index contributed by atoms with van der Waals surface area (Å²) in [6.45, 7) is 1.49. The van der Waals surface area contributed by atoms with Crippen LogP contribution in [0.1, 0.15) is 43.0 Å². The summed E-state index contributed by atoms with van der Waals surface area (Å²) in [6.07, 6.45) is 3.23. The van der Waals surface area contributed by atoms with Crippen molar-refractivity contribution < 1.29 is 13.2 Å². The largest absolute Gasteiger partial charge is 0.293 e. The van der Waals surface area contributed by atoms with Crippen LogP contribution in [0.25, 0.3) is 0 Å². The summed E-state index contributed by atoms with van der Waals surface area (Å²) in [4.78, 5) is 12.2. The average molecular weight is 301 g/mol. The molecule has 0 amide bonds. The summed E-state index contributed by atoms with van der Waals surface area (Å²) in [5.41, 5.74) is 0.401. The van der Waals surface area contributed by atoms with Gasteiger partial charge in [-0.2, -0.15) is 0 Å². The normalized spacial score (nSPS) is 18.4. The third-order valence-corrected chi connectivity index (χ3v) is 6.61. The molecule has 0 bridgehead atoms. The molecule has 1 aromatic rings. The van der Waals surface area contributed by atoms with Gasteiger partial charge in [-0.3, -0.25) is 4.79 Å². The molecule has 0 spiro atoms. The van der Waals surface area contributed by atoms with Crippen molar-refractivity contribution in [2.24, 2.45) is 0 Å². The Morgan fingerprint density at radius 2 is 1.74 bits per heavy atom. The third-order valence-electron chi connectivity index (χ3n) is 3.76. The van der Waals surface area contributed by atoms with Crippen LogP contribution in [0.15, 0.2) is 24.3 Å². The predicted octanol–water partition coefficient (Wildman–Crippen LogP) is 3.27. The number of carbonyl (C=O) groups excluding carboxylic acids is 1. The first kappa shape index (κ1) is 14.5. The minimum atomic E-state index is -3.38. The van der Waals surface area contributed by atoms with Crippen molar-refractivity contribution in [2.75, 3.05) is 0 Å². The van der Waals surface area contributed by atoms with Crippen LogP contribution in [0, 0.1) is 0 Å². The topological polar surface area (TPSA) is 51.2 Å². The maximum absolute atomic E-state index is 12.4. The second-order valence-electron chi connectivity index (χ2n) is 5.01. The Bertz CT molecular complexity index is 557. The van der Waals surface area contributed by atoms with Gasteiger partial charge in [0.05, 0.1) is 5.25 Å². The molecular formula is C14H17ClO3S. The first-order valence-corrected chi connectivity index (χ1v) is 8.44. The van der Waals surface area contributed by atoms with E-state index in [0.29, 0.717) is 23.4 Å². The molecule has 1 aromatic carbocycles. The van der Waals surface area contributed by atoms with Crippen LogP contribution >= 0.6 is 11.6 Å². The Hall–Kier alpha value is -0.870. The number of carbonyl (C=O) groups is 1. The van der Waals surface area contributed by atoms with Crippen molar-refractivity contribution in [3.8, 4) is 0 Å². The Morgan fingerprint density at radius 3 is 2.26 bits per heavy atom. The standard InChI is InChI=1S/C14H17ClO3S/c1-10(19(17,18)13-4-2-3-5-13)14(16)11-6-8-12(15)9-7-11/h6-10,13H,2-5H2,1H3. The van der Waals surface area contributed by atoms with Gasteiger partial charge in [0.2, 0.25) is 0 Å². The molecule has 0 heterocycles. The maximum atomic E-state index is 12.4. The van der Waals surface area contributed by atoms with Crippen LogP contribution in [0.4, 0.5) is 0 Å². The number of rotatable bonds is 4. The number of Topliss-reactive ketones (excluding diaryl/α,β-unsaturated/α-hetero) is 1. The molecule has 3 nitrogen and oxygen atoms in total. The lowest BCUT2D eigenvalue weighted by Crippen LogP contribution is -2.34. The molecule has 0 N–H and O–H groups in total. The summed E-state index contributed by atoms with van der Waals surface area (Å²) < 4.78 is 24.7. The van der Waals surface area contributed by atoms with E-state index in [-0.39, 0.29) is 11.0 Å². The van der Waals surface area contributed by atoms with Gasteiger partial charge in [0, 0.05) is 10.6 Å². The predicted molar refractivity (Wildman–Crippen MR) is 76.4 cm³/mol. The SMILES string of the molecule is CC(C(=O)c1ccc(Cl)cc1)S(=O)(=O)C1CCCC1. The maximum Gasteiger partial charge on any atom is 0.180 e. The first-order chi connectivity index (χ1) is 8.93. The van der Waals surface area contributed by atoms with Crippen molar-refractivity contribution in [1.29, 1.82) is 0 Å². The van der Waals surface area contributed by atoms with Gasteiger partial charge in [-0.1, -0.05) is 24.4 Å². The van der Waals surface area contributed by atoms with Crippen molar-refractivity contribution in [3.63, 3.8) is 0 Å². The van der Waals surface area contributed by atoms with E-state index >= 15 is 0 Å². The zero-order valence-electron chi connectivity index (χ0n) is 10.8. The first-order valence-electron chi connectivity index (χ1n) is 6.45. The fourth-order valence-electron chi connectivity index (χ4n) is 2.50. The van der Waals surface area contributed by atoms with Gasteiger partial charge in [-0.25, -0.2) is 8.42 Å². The van der Waals surface area contributed by atoms with Gasteiger partial charge in [0.25, 0.3) is 0 Å². The molecule has 1 aliphatic carbocycles. The number of sulfone groups is 1. The van der Waals surface area contributed by atoms with Crippen molar-refractivity contribution in [1.82, 2.24) is 0 Å². The quantitative estimate of drug-likeness (QED) is 0.802. The lowest BCUT2D eigenvalue weighted by atomic mass is 10.1. The van der Waals surface area contributed by atoms with Crippen molar-refractivity contribution in [2.45, 2.75) is 43.1 Å². The zero-order chi connectivity index (χ0) is 14.0. The van der Waals surface area contributed by atoms with E-state index < -0.39 is 15.1 Å². The van der Waals surface area contributed by atoms with Crippen LogP contribution < -0.4 is 0 Å². The lowest BCUT2D eigenvalue weighted by Gasteiger charge is -2.17. The Labute approximate surface area is 118 Å². The highest BCUT2D eigenvalue weighted by Gasteiger charge is 2.37. The number of ketones is 1. The van der Waals surface area contributed by atoms with E-state index in [9.17, 15) is 13.2 Å². The average Bonchev–Trinajstić information content (AvgIpc) is 2.92. The van der Waals surface area contributed by atoms with E-state index in [1.807, 2.05) is 0 Å². The second-order valence-corrected chi connectivity index (χ2v) is 8.00. The molecule has 1 aliphatic rings. The van der Waals surface area contributed by atoms with Crippen molar-refractivity contribution >= 4 is 27.2 Å². The number of hydrogen-bond acceptors (Lipinski definition) is 3. The molecule has 0 saturated heterocycles. The fourth-order valence-corrected chi connectivity index (χ4v) is 4.63. The van der Waals surface area contributed by atoms with E-state index in [0.717, 1.165) is 12.8 Å². The van der Waals surface area contributed by atoms with Crippen molar-refractivity contribution in [3.05, 3.63) is 34.9 Å². The number of hydrogen-bond donors (Lipinski definition) is 0. The molecule has 19 heavy (non-hydrogen) atoms. The molecule has 2 rings (SSSR count). The Kier molecular flexibility index (Phi) is 4.31. The minimum Gasteiger partial charge on any atom is -0.293 e. The van der Waals surface area contributed by atoms with E-state index in [1.54, 1.807) is 24.3 Å². The Morgan fingerprint density at radius 1 is 1.21 bits per heavy atom. The summed E-state index contributed by atoms with van der Waals surface area (Å²) >= 11 is 5.76. The van der Waals surface area contributed by atoms with Crippen LogP contribution in [-0.4, -0.2) is 24.7 Å². The summed E-state index contributed by atoms with van der Waals surface area (Å²) in [5.74, 6) is -0.344. The van der Waals surface area contributed by atoms with Crippen LogP contribution in [-0.2, 0) is 9.84 Å². The van der Waals surface area contributed by atoms with E-state index in [1.165, 1.54) is 6.92 Å². The third kappa shape index (κ3) is 3.00. The highest BCUT2D eigenvalue weighted by atomic mass is 35.5. The van der Waals surface area contributed by atoms with Gasteiger partial charge in [-0.15, -0.1) is 0 Å². The molecule has 0 radical (unpaired) electrons. The summed E-state index contributed by atoms with van der Waals surface area (Å²) in [6, 6.07) is 6.35. The van der Waals surface area contributed by atoms with Crippen LogP contribution in [0.2, 0.25) is 5.02 Å². The van der Waals surface area contributed by atoms with Gasteiger partial charge in [-0.05, 0) is 44.0 Å². The Balaban J connectivity index is 2.21. The van der Waals surface area contributed by atoms with Gasteiger partial charge >= 0.3 is 0 Å². The van der Waals surface area contributed by atoms with Gasteiger partial charge < -0.3 is 0 Å². The number of benzene rings is 1. The molecule has 104 valence electrons.